The van der Waals surface area contributed by atoms with Gasteiger partial charge in [-0.3, -0.25) is 4.79 Å². The van der Waals surface area contributed by atoms with Gasteiger partial charge in [-0.05, 0) is 67.6 Å². The second-order valence-corrected chi connectivity index (χ2v) is 9.11. The number of nitrogens with one attached hydrogen (secondary N) is 2. The summed E-state index contributed by atoms with van der Waals surface area (Å²) in [6.07, 6.45) is 2.89. The largest absolute Gasteiger partial charge is 0.494 e. The average Bonchev–Trinajstić information content (AvgIpc) is 2.93. The molecule has 3 aromatic rings. The van der Waals surface area contributed by atoms with Crippen molar-refractivity contribution in [2.75, 3.05) is 25.0 Å². The number of likely N-dealkylation sites (tertiary alicyclic amines) is 1. The molecule has 188 valence electrons. The molecule has 36 heavy (non-hydrogen) atoms. The minimum atomic E-state index is -0.121. The van der Waals surface area contributed by atoms with Crippen molar-refractivity contribution >= 4 is 17.6 Å². The van der Waals surface area contributed by atoms with Crippen LogP contribution >= 0.6 is 0 Å². The Morgan fingerprint density at radius 3 is 2.58 bits per heavy atom. The molecule has 1 atom stereocenters. The summed E-state index contributed by atoms with van der Waals surface area (Å²) in [4.78, 5) is 27.7. The van der Waals surface area contributed by atoms with Gasteiger partial charge in [0.1, 0.15) is 5.75 Å². The fourth-order valence-corrected chi connectivity index (χ4v) is 4.62. The van der Waals surface area contributed by atoms with E-state index in [0.717, 1.165) is 48.4 Å². The van der Waals surface area contributed by atoms with Crippen LogP contribution in [0.5, 0.6) is 5.75 Å². The molecular weight excluding hydrogens is 450 g/mol. The standard InChI is InChI=1S/C30H35N3O3/c1-3-22-14-16-27(17-15-22)32-30(35)33-18-8-12-26(21-33)23-10-7-11-24(19-23)29(34)31-20-25-9-5-6-13-28(25)36-4-2/h5-7,9-11,13-17,19,26H,3-4,8,12,18,20-21H2,1-2H3,(H,31,34)(H,32,35)/t26-/m0/s1. The number of benzene rings is 3. The predicted molar refractivity (Wildman–Crippen MR) is 144 cm³/mol. The van der Waals surface area contributed by atoms with Crippen LogP contribution in [0.3, 0.4) is 0 Å². The quantitative estimate of drug-likeness (QED) is 0.412. The summed E-state index contributed by atoms with van der Waals surface area (Å²) < 4.78 is 5.66. The molecular formula is C30H35N3O3. The van der Waals surface area contributed by atoms with Gasteiger partial charge in [-0.1, -0.05) is 49.4 Å². The van der Waals surface area contributed by atoms with E-state index in [0.29, 0.717) is 25.3 Å². The van der Waals surface area contributed by atoms with Gasteiger partial charge in [0.15, 0.2) is 0 Å². The lowest BCUT2D eigenvalue weighted by molar-refractivity contribution is 0.0950. The van der Waals surface area contributed by atoms with E-state index in [1.165, 1.54) is 5.56 Å². The highest BCUT2D eigenvalue weighted by molar-refractivity contribution is 5.94. The van der Waals surface area contributed by atoms with Crippen LogP contribution in [-0.4, -0.2) is 36.5 Å². The molecule has 0 radical (unpaired) electrons. The summed E-state index contributed by atoms with van der Waals surface area (Å²) >= 11 is 0. The van der Waals surface area contributed by atoms with E-state index in [1.54, 1.807) is 0 Å². The monoisotopic (exact) mass is 485 g/mol. The zero-order valence-corrected chi connectivity index (χ0v) is 21.1. The molecule has 1 saturated heterocycles. The number of para-hydroxylation sites is 1. The smallest absolute Gasteiger partial charge is 0.321 e. The molecule has 0 bridgehead atoms. The van der Waals surface area contributed by atoms with Gasteiger partial charge < -0.3 is 20.3 Å². The maximum absolute atomic E-state index is 12.9. The minimum absolute atomic E-state index is 0.0780. The Morgan fingerprint density at radius 2 is 1.81 bits per heavy atom. The fraction of sp³-hybridized carbons (Fsp3) is 0.333. The van der Waals surface area contributed by atoms with Crippen LogP contribution in [0.15, 0.2) is 72.8 Å². The Morgan fingerprint density at radius 1 is 1.00 bits per heavy atom. The van der Waals surface area contributed by atoms with E-state index >= 15 is 0 Å². The number of carbonyl (C=O) groups is 2. The van der Waals surface area contributed by atoms with E-state index in [-0.39, 0.29) is 17.9 Å². The molecule has 1 aliphatic heterocycles. The third kappa shape index (κ3) is 6.45. The SMILES string of the molecule is CCOc1ccccc1CNC(=O)c1cccc([C@H]2CCCN(C(=O)Nc3ccc(CC)cc3)C2)c1. The number of urea groups is 1. The molecule has 0 spiro atoms. The van der Waals surface area contributed by atoms with Gasteiger partial charge in [-0.15, -0.1) is 0 Å². The number of hydrogen-bond acceptors (Lipinski definition) is 3. The molecule has 1 aliphatic rings. The molecule has 0 unspecified atom stereocenters. The molecule has 4 rings (SSSR count). The van der Waals surface area contributed by atoms with Crippen molar-refractivity contribution < 1.29 is 14.3 Å². The predicted octanol–water partition coefficient (Wildman–Crippen LogP) is 5.99. The van der Waals surface area contributed by atoms with Gasteiger partial charge in [0, 0.05) is 42.4 Å². The van der Waals surface area contributed by atoms with E-state index in [9.17, 15) is 9.59 Å². The molecule has 3 amide bonds. The molecule has 0 aromatic heterocycles. The van der Waals surface area contributed by atoms with Gasteiger partial charge in [0.2, 0.25) is 0 Å². The highest BCUT2D eigenvalue weighted by Gasteiger charge is 2.25. The van der Waals surface area contributed by atoms with Crippen molar-refractivity contribution in [3.63, 3.8) is 0 Å². The van der Waals surface area contributed by atoms with Crippen molar-refractivity contribution in [1.82, 2.24) is 10.2 Å². The number of hydrogen-bond donors (Lipinski definition) is 2. The van der Waals surface area contributed by atoms with Gasteiger partial charge in [0.05, 0.1) is 6.61 Å². The van der Waals surface area contributed by atoms with Gasteiger partial charge in [0.25, 0.3) is 5.91 Å². The van der Waals surface area contributed by atoms with Crippen molar-refractivity contribution in [1.29, 1.82) is 0 Å². The number of piperidine rings is 1. The first-order chi connectivity index (χ1) is 17.6. The third-order valence-electron chi connectivity index (χ3n) is 6.65. The molecule has 6 nitrogen and oxygen atoms in total. The highest BCUT2D eigenvalue weighted by Crippen LogP contribution is 2.28. The first kappa shape index (κ1) is 25.3. The normalized spacial score (nSPS) is 15.3. The lowest BCUT2D eigenvalue weighted by Crippen LogP contribution is -2.41. The van der Waals surface area contributed by atoms with Gasteiger partial charge >= 0.3 is 6.03 Å². The number of amides is 3. The molecule has 0 saturated carbocycles. The van der Waals surface area contributed by atoms with Crippen LogP contribution in [0.1, 0.15) is 59.7 Å². The summed E-state index contributed by atoms with van der Waals surface area (Å²) in [5.41, 5.74) is 4.71. The maximum Gasteiger partial charge on any atom is 0.321 e. The Balaban J connectivity index is 1.37. The summed E-state index contributed by atoms with van der Waals surface area (Å²) in [6.45, 7) is 6.40. The van der Waals surface area contributed by atoms with Crippen LogP contribution in [0.25, 0.3) is 0 Å². The Hall–Kier alpha value is -3.80. The van der Waals surface area contributed by atoms with E-state index in [1.807, 2.05) is 78.6 Å². The van der Waals surface area contributed by atoms with E-state index < -0.39 is 0 Å². The first-order valence-electron chi connectivity index (χ1n) is 12.8. The van der Waals surface area contributed by atoms with E-state index in [4.69, 9.17) is 4.74 Å². The van der Waals surface area contributed by atoms with Gasteiger partial charge in [-0.25, -0.2) is 4.79 Å². The van der Waals surface area contributed by atoms with Crippen LogP contribution in [-0.2, 0) is 13.0 Å². The second kappa shape index (κ2) is 12.2. The van der Waals surface area contributed by atoms with Gasteiger partial charge in [-0.2, -0.15) is 0 Å². The highest BCUT2D eigenvalue weighted by atomic mass is 16.5. The lowest BCUT2D eigenvalue weighted by atomic mass is 9.89. The van der Waals surface area contributed by atoms with Crippen LogP contribution in [0, 0.1) is 0 Å². The molecule has 1 fully saturated rings. The first-order valence-corrected chi connectivity index (χ1v) is 12.8. The van der Waals surface area contributed by atoms with Crippen molar-refractivity contribution in [2.45, 2.75) is 45.6 Å². The lowest BCUT2D eigenvalue weighted by Gasteiger charge is -2.33. The minimum Gasteiger partial charge on any atom is -0.494 e. The molecule has 3 aromatic carbocycles. The molecule has 0 aliphatic carbocycles. The fourth-order valence-electron chi connectivity index (χ4n) is 4.62. The number of ether oxygens (including phenoxy) is 1. The zero-order chi connectivity index (χ0) is 25.3. The summed E-state index contributed by atoms with van der Waals surface area (Å²) in [5, 5.41) is 6.04. The number of anilines is 1. The summed E-state index contributed by atoms with van der Waals surface area (Å²) in [7, 11) is 0. The van der Waals surface area contributed by atoms with Crippen molar-refractivity contribution in [3.05, 3.63) is 95.1 Å². The number of aryl methyl sites for hydroxylation is 1. The Labute approximate surface area is 213 Å². The molecule has 2 N–H and O–H groups in total. The second-order valence-electron chi connectivity index (χ2n) is 9.11. The Bertz CT molecular complexity index is 1180. The van der Waals surface area contributed by atoms with Crippen molar-refractivity contribution in [2.24, 2.45) is 0 Å². The maximum atomic E-state index is 12.9. The van der Waals surface area contributed by atoms with Crippen LogP contribution in [0.2, 0.25) is 0 Å². The zero-order valence-electron chi connectivity index (χ0n) is 21.1. The van der Waals surface area contributed by atoms with E-state index in [2.05, 4.69) is 23.6 Å². The van der Waals surface area contributed by atoms with Crippen molar-refractivity contribution in [3.8, 4) is 5.75 Å². The summed E-state index contributed by atoms with van der Waals surface area (Å²) in [6, 6.07) is 23.4. The molecule has 6 heteroatoms. The Kier molecular flexibility index (Phi) is 8.61. The topological polar surface area (TPSA) is 70.7 Å². The third-order valence-corrected chi connectivity index (χ3v) is 6.65. The van der Waals surface area contributed by atoms with Crippen LogP contribution in [0.4, 0.5) is 10.5 Å². The average molecular weight is 486 g/mol. The summed E-state index contributed by atoms with van der Waals surface area (Å²) in [5.74, 6) is 0.860. The van der Waals surface area contributed by atoms with Crippen LogP contribution < -0.4 is 15.4 Å². The molecule has 1 heterocycles. The number of rotatable bonds is 8. The number of nitrogens with zero attached hydrogens (tertiary/aromatic N) is 1. The number of carbonyl (C=O) groups excluding carboxylic acids is 2.